The highest BCUT2D eigenvalue weighted by atomic mass is 32.1. The van der Waals surface area contributed by atoms with Gasteiger partial charge in [0.2, 0.25) is 11.2 Å². The lowest BCUT2D eigenvalue weighted by Crippen LogP contribution is -2.40. The van der Waals surface area contributed by atoms with E-state index in [0.29, 0.717) is 16.6 Å². The average Bonchev–Trinajstić information content (AvgIpc) is 3.02. The maximum absolute atomic E-state index is 12.3. The molecule has 1 amide bonds. The number of unbranched alkanes of at least 4 members (excludes halogenated alkanes) is 2. The van der Waals surface area contributed by atoms with Crippen molar-refractivity contribution in [3.05, 3.63) is 29.3 Å². The maximum Gasteiger partial charge on any atom is 0.270 e. The lowest BCUT2D eigenvalue weighted by molar-refractivity contribution is -0.125. The van der Waals surface area contributed by atoms with Gasteiger partial charge in [0.1, 0.15) is 11.6 Å². The van der Waals surface area contributed by atoms with Crippen molar-refractivity contribution >= 4 is 22.4 Å². The molecule has 1 atom stereocenters. The standard InChI is InChI=1S/C16H19N3O3S/c1-2-3-4-9-14-18-19-16(23-14)17-15(20)13-10-21-11-7-5-6-8-12(11)22-13/h5-8,13H,2-4,9-10H2,1H3,(H,17,19,20)/t13-/m1/s1. The Bertz CT molecular complexity index is 674. The minimum Gasteiger partial charge on any atom is -0.485 e. The van der Waals surface area contributed by atoms with Gasteiger partial charge in [0, 0.05) is 6.42 Å². The summed E-state index contributed by atoms with van der Waals surface area (Å²) in [6.07, 6.45) is 3.65. The molecule has 1 aromatic carbocycles. The fourth-order valence-corrected chi connectivity index (χ4v) is 3.05. The zero-order valence-electron chi connectivity index (χ0n) is 12.9. The lowest BCUT2D eigenvalue weighted by Gasteiger charge is -2.25. The molecule has 0 unspecified atom stereocenters. The molecule has 1 N–H and O–H groups in total. The smallest absolute Gasteiger partial charge is 0.270 e. The van der Waals surface area contributed by atoms with Crippen molar-refractivity contribution in [2.45, 2.75) is 38.7 Å². The van der Waals surface area contributed by atoms with Gasteiger partial charge in [-0.3, -0.25) is 10.1 Å². The Kier molecular flexibility index (Phi) is 5.07. The first-order chi connectivity index (χ1) is 11.3. The molecule has 0 spiro atoms. The number of carbonyl (C=O) groups is 1. The van der Waals surface area contributed by atoms with E-state index in [9.17, 15) is 4.79 Å². The van der Waals surface area contributed by atoms with Crippen LogP contribution in [0.25, 0.3) is 0 Å². The van der Waals surface area contributed by atoms with Crippen LogP contribution in [-0.2, 0) is 11.2 Å². The van der Waals surface area contributed by atoms with Crippen LogP contribution in [0.1, 0.15) is 31.2 Å². The quantitative estimate of drug-likeness (QED) is 0.823. The summed E-state index contributed by atoms with van der Waals surface area (Å²) in [7, 11) is 0. The molecule has 122 valence electrons. The van der Waals surface area contributed by atoms with Crippen molar-refractivity contribution in [2.75, 3.05) is 11.9 Å². The van der Waals surface area contributed by atoms with Crippen molar-refractivity contribution < 1.29 is 14.3 Å². The van der Waals surface area contributed by atoms with Crippen LogP contribution in [0.2, 0.25) is 0 Å². The van der Waals surface area contributed by atoms with Crippen LogP contribution in [0.5, 0.6) is 11.5 Å². The van der Waals surface area contributed by atoms with Crippen LogP contribution in [0.4, 0.5) is 5.13 Å². The van der Waals surface area contributed by atoms with E-state index < -0.39 is 6.10 Å². The van der Waals surface area contributed by atoms with E-state index in [2.05, 4.69) is 22.4 Å². The van der Waals surface area contributed by atoms with Gasteiger partial charge in [-0.1, -0.05) is 43.2 Å². The number of anilines is 1. The number of amides is 1. The molecule has 0 saturated carbocycles. The SMILES string of the molecule is CCCCCc1nnc(NC(=O)[C@H]2COc3ccccc3O2)s1. The second-order valence-corrected chi connectivity index (χ2v) is 6.37. The molecule has 23 heavy (non-hydrogen) atoms. The minimum absolute atomic E-state index is 0.186. The molecular weight excluding hydrogens is 314 g/mol. The Balaban J connectivity index is 1.55. The first kappa shape index (κ1) is 15.7. The Morgan fingerprint density at radius 3 is 2.96 bits per heavy atom. The molecule has 0 aliphatic carbocycles. The number of fused-ring (bicyclic) bond motifs is 1. The van der Waals surface area contributed by atoms with Crippen LogP contribution < -0.4 is 14.8 Å². The highest BCUT2D eigenvalue weighted by Gasteiger charge is 2.28. The van der Waals surface area contributed by atoms with Gasteiger partial charge in [-0.25, -0.2) is 0 Å². The number of hydrogen-bond donors (Lipinski definition) is 1. The Labute approximate surface area is 138 Å². The Morgan fingerprint density at radius 2 is 2.13 bits per heavy atom. The summed E-state index contributed by atoms with van der Waals surface area (Å²) in [5.41, 5.74) is 0. The van der Waals surface area contributed by atoms with Crippen molar-refractivity contribution in [2.24, 2.45) is 0 Å². The van der Waals surface area contributed by atoms with E-state index in [1.54, 1.807) is 6.07 Å². The molecule has 0 saturated heterocycles. The van der Waals surface area contributed by atoms with Crippen molar-refractivity contribution in [3.8, 4) is 11.5 Å². The molecule has 2 heterocycles. The van der Waals surface area contributed by atoms with Gasteiger partial charge in [-0.05, 0) is 18.6 Å². The maximum atomic E-state index is 12.3. The summed E-state index contributed by atoms with van der Waals surface area (Å²) in [5.74, 6) is 0.970. The molecule has 2 aromatic rings. The number of nitrogens with one attached hydrogen (secondary N) is 1. The van der Waals surface area contributed by atoms with Crippen molar-refractivity contribution in [1.82, 2.24) is 10.2 Å². The number of nitrogens with zero attached hydrogens (tertiary/aromatic N) is 2. The topological polar surface area (TPSA) is 73.3 Å². The summed E-state index contributed by atoms with van der Waals surface area (Å²) < 4.78 is 11.2. The Morgan fingerprint density at radius 1 is 1.30 bits per heavy atom. The van der Waals surface area contributed by atoms with E-state index in [4.69, 9.17) is 9.47 Å². The third kappa shape index (κ3) is 3.98. The fourth-order valence-electron chi connectivity index (χ4n) is 2.27. The summed E-state index contributed by atoms with van der Waals surface area (Å²) in [6.45, 7) is 2.35. The summed E-state index contributed by atoms with van der Waals surface area (Å²) >= 11 is 1.41. The van der Waals surface area contributed by atoms with Gasteiger partial charge < -0.3 is 9.47 Å². The molecule has 1 aliphatic heterocycles. The minimum atomic E-state index is -0.683. The molecular formula is C16H19N3O3S. The molecule has 0 bridgehead atoms. The number of aryl methyl sites for hydroxylation is 1. The fraction of sp³-hybridized carbons (Fsp3) is 0.438. The highest BCUT2D eigenvalue weighted by molar-refractivity contribution is 7.15. The first-order valence-corrected chi connectivity index (χ1v) is 8.59. The van der Waals surface area contributed by atoms with Crippen LogP contribution >= 0.6 is 11.3 Å². The molecule has 1 aromatic heterocycles. The number of rotatable bonds is 6. The van der Waals surface area contributed by atoms with Crippen molar-refractivity contribution in [1.29, 1.82) is 0 Å². The second kappa shape index (κ2) is 7.41. The van der Waals surface area contributed by atoms with Crippen LogP contribution in [0.15, 0.2) is 24.3 Å². The summed E-state index contributed by atoms with van der Waals surface area (Å²) in [6, 6.07) is 7.31. The zero-order chi connectivity index (χ0) is 16.1. The lowest BCUT2D eigenvalue weighted by atomic mass is 10.2. The summed E-state index contributed by atoms with van der Waals surface area (Å²) in [5, 5.41) is 12.3. The van der Waals surface area contributed by atoms with Gasteiger partial charge in [0.15, 0.2) is 11.5 Å². The first-order valence-electron chi connectivity index (χ1n) is 7.78. The molecule has 0 fully saturated rings. The molecule has 6 nitrogen and oxygen atoms in total. The van der Waals surface area contributed by atoms with E-state index in [0.717, 1.165) is 17.8 Å². The van der Waals surface area contributed by atoms with Crippen molar-refractivity contribution in [3.63, 3.8) is 0 Å². The van der Waals surface area contributed by atoms with Gasteiger partial charge in [0.25, 0.3) is 5.91 Å². The van der Waals surface area contributed by atoms with Gasteiger partial charge >= 0.3 is 0 Å². The zero-order valence-corrected chi connectivity index (χ0v) is 13.8. The molecule has 3 rings (SSSR count). The second-order valence-electron chi connectivity index (χ2n) is 5.31. The molecule has 1 aliphatic rings. The normalized spacial score (nSPS) is 16.1. The Hall–Kier alpha value is -2.15. The summed E-state index contributed by atoms with van der Waals surface area (Å²) in [4.78, 5) is 12.3. The number of ether oxygens (including phenoxy) is 2. The van der Waals surface area contributed by atoms with E-state index in [-0.39, 0.29) is 12.5 Å². The van der Waals surface area contributed by atoms with E-state index in [1.807, 2.05) is 18.2 Å². The predicted molar refractivity (Wildman–Crippen MR) is 88.1 cm³/mol. The third-order valence-electron chi connectivity index (χ3n) is 3.49. The van der Waals surface area contributed by atoms with E-state index in [1.165, 1.54) is 24.2 Å². The monoisotopic (exact) mass is 333 g/mol. The number of benzene rings is 1. The van der Waals surface area contributed by atoms with Gasteiger partial charge in [-0.2, -0.15) is 0 Å². The van der Waals surface area contributed by atoms with Gasteiger partial charge in [-0.15, -0.1) is 10.2 Å². The number of hydrogen-bond acceptors (Lipinski definition) is 6. The molecule has 0 radical (unpaired) electrons. The van der Waals surface area contributed by atoms with Gasteiger partial charge in [0.05, 0.1) is 0 Å². The number of carbonyl (C=O) groups excluding carboxylic acids is 1. The van der Waals surface area contributed by atoms with E-state index >= 15 is 0 Å². The number of para-hydroxylation sites is 2. The van der Waals surface area contributed by atoms with Crippen LogP contribution in [0, 0.1) is 0 Å². The van der Waals surface area contributed by atoms with Crippen LogP contribution in [-0.4, -0.2) is 28.8 Å². The van der Waals surface area contributed by atoms with Crippen LogP contribution in [0.3, 0.4) is 0 Å². The third-order valence-corrected chi connectivity index (χ3v) is 4.39. The largest absolute Gasteiger partial charge is 0.485 e. The number of aromatic nitrogens is 2. The predicted octanol–water partition coefficient (Wildman–Crippen LogP) is 3.05. The highest BCUT2D eigenvalue weighted by Crippen LogP contribution is 2.31. The average molecular weight is 333 g/mol. The molecule has 7 heteroatoms.